The summed E-state index contributed by atoms with van der Waals surface area (Å²) in [5.41, 5.74) is 1.03. The maximum absolute atomic E-state index is 13.0. The van der Waals surface area contributed by atoms with Crippen molar-refractivity contribution in [1.29, 1.82) is 0 Å². The van der Waals surface area contributed by atoms with Crippen molar-refractivity contribution in [3.05, 3.63) is 65.5 Å². The van der Waals surface area contributed by atoms with E-state index in [-0.39, 0.29) is 41.9 Å². The Kier molecular flexibility index (Phi) is 6.59. The van der Waals surface area contributed by atoms with E-state index < -0.39 is 10.0 Å². The molecule has 0 aromatic heterocycles. The third-order valence-electron chi connectivity index (χ3n) is 3.59. The molecule has 2 aromatic carbocycles. The summed E-state index contributed by atoms with van der Waals surface area (Å²) >= 11 is 0. The topological polar surface area (TPSA) is 92.3 Å². The van der Waals surface area contributed by atoms with Crippen LogP contribution in [-0.4, -0.2) is 26.7 Å². The minimum Gasteiger partial charge on any atom is -0.352 e. The molecular weight excluding hydrogens is 359 g/mol. The Morgan fingerprint density at radius 3 is 2.38 bits per heavy atom. The lowest BCUT2D eigenvalue weighted by Gasteiger charge is -2.08. The molecule has 0 unspecified atom stereocenters. The predicted molar refractivity (Wildman–Crippen MR) is 94.5 cm³/mol. The molecule has 0 atom stereocenters. The molecule has 0 spiro atoms. The lowest BCUT2D eigenvalue weighted by atomic mass is 10.2. The molecule has 0 heterocycles. The number of rotatable bonds is 8. The summed E-state index contributed by atoms with van der Waals surface area (Å²) in [7, 11) is -3.76. The molecule has 0 aliphatic rings. The van der Waals surface area contributed by atoms with Gasteiger partial charge in [-0.25, -0.2) is 17.5 Å². The molecule has 0 aliphatic carbocycles. The van der Waals surface area contributed by atoms with Crippen LogP contribution in [0.15, 0.2) is 53.4 Å². The number of carbonyl (C=O) groups excluding carboxylic acids is 2. The average Bonchev–Trinajstić information content (AvgIpc) is 2.60. The maximum Gasteiger partial charge on any atom is 0.240 e. The number of carbonyl (C=O) groups is 2. The van der Waals surface area contributed by atoms with Gasteiger partial charge < -0.3 is 5.32 Å². The quantitative estimate of drug-likeness (QED) is 0.688. The molecule has 0 radical (unpaired) electrons. The second-order valence-corrected chi connectivity index (χ2v) is 7.40. The van der Waals surface area contributed by atoms with Gasteiger partial charge in [0, 0.05) is 25.1 Å². The van der Waals surface area contributed by atoms with Crippen molar-refractivity contribution in [2.24, 2.45) is 0 Å². The Morgan fingerprint density at radius 2 is 1.77 bits per heavy atom. The zero-order valence-corrected chi connectivity index (χ0v) is 15.0. The van der Waals surface area contributed by atoms with Gasteiger partial charge in [-0.3, -0.25) is 9.59 Å². The van der Waals surface area contributed by atoms with E-state index >= 15 is 0 Å². The fraction of sp³-hybridized carbons (Fsp3) is 0.222. The summed E-state index contributed by atoms with van der Waals surface area (Å²) in [6.45, 7) is 1.48. The maximum atomic E-state index is 13.0. The number of hydrogen-bond acceptors (Lipinski definition) is 4. The molecule has 26 heavy (non-hydrogen) atoms. The molecule has 2 N–H and O–H groups in total. The van der Waals surface area contributed by atoms with Gasteiger partial charge in [-0.1, -0.05) is 24.3 Å². The van der Waals surface area contributed by atoms with E-state index in [9.17, 15) is 22.4 Å². The van der Waals surface area contributed by atoms with Crippen LogP contribution in [0.4, 0.5) is 4.39 Å². The summed E-state index contributed by atoms with van der Waals surface area (Å²) in [4.78, 5) is 23.0. The van der Waals surface area contributed by atoms with E-state index in [2.05, 4.69) is 10.0 Å². The molecule has 1 amide bonds. The Bertz CT molecular complexity index is 896. The van der Waals surface area contributed by atoms with Crippen LogP contribution < -0.4 is 10.0 Å². The molecule has 0 saturated carbocycles. The number of nitrogens with one attached hydrogen (secondary N) is 2. The van der Waals surface area contributed by atoms with E-state index in [0.717, 1.165) is 0 Å². The third-order valence-corrected chi connectivity index (χ3v) is 5.07. The first-order valence-electron chi connectivity index (χ1n) is 7.90. The highest BCUT2D eigenvalue weighted by molar-refractivity contribution is 7.89. The fourth-order valence-corrected chi connectivity index (χ4v) is 3.22. The Hall–Kier alpha value is -2.58. The lowest BCUT2D eigenvalue weighted by molar-refractivity contribution is -0.121. The highest BCUT2D eigenvalue weighted by atomic mass is 32.2. The zero-order valence-electron chi connectivity index (χ0n) is 14.2. The number of hydrogen-bond donors (Lipinski definition) is 2. The van der Waals surface area contributed by atoms with Crippen molar-refractivity contribution in [1.82, 2.24) is 10.0 Å². The van der Waals surface area contributed by atoms with Crippen molar-refractivity contribution in [2.75, 3.05) is 6.54 Å². The molecule has 2 rings (SSSR count). The van der Waals surface area contributed by atoms with Crippen LogP contribution in [0.5, 0.6) is 0 Å². The SMILES string of the molecule is CC(=O)c1ccc(S(=O)(=O)NCCC(=O)NCc2cccc(F)c2)cc1. The van der Waals surface area contributed by atoms with Crippen molar-refractivity contribution < 1.29 is 22.4 Å². The van der Waals surface area contributed by atoms with E-state index in [1.54, 1.807) is 12.1 Å². The summed E-state index contributed by atoms with van der Waals surface area (Å²) in [6.07, 6.45) is -0.0555. The van der Waals surface area contributed by atoms with E-state index in [4.69, 9.17) is 0 Å². The molecule has 138 valence electrons. The van der Waals surface area contributed by atoms with Crippen molar-refractivity contribution >= 4 is 21.7 Å². The van der Waals surface area contributed by atoms with Gasteiger partial charge in [-0.15, -0.1) is 0 Å². The molecule has 0 aliphatic heterocycles. The number of benzene rings is 2. The average molecular weight is 378 g/mol. The lowest BCUT2D eigenvalue weighted by Crippen LogP contribution is -2.30. The van der Waals surface area contributed by atoms with Crippen LogP contribution >= 0.6 is 0 Å². The first-order valence-corrected chi connectivity index (χ1v) is 9.38. The summed E-state index contributed by atoms with van der Waals surface area (Å²) in [6, 6.07) is 11.4. The fourth-order valence-electron chi connectivity index (χ4n) is 2.19. The summed E-state index contributed by atoms with van der Waals surface area (Å²) < 4.78 is 39.7. The largest absolute Gasteiger partial charge is 0.352 e. The molecule has 2 aromatic rings. The second kappa shape index (κ2) is 8.68. The van der Waals surface area contributed by atoms with Crippen LogP contribution in [-0.2, 0) is 21.4 Å². The molecule has 6 nitrogen and oxygen atoms in total. The van der Waals surface area contributed by atoms with Gasteiger partial charge in [-0.05, 0) is 36.8 Å². The number of amides is 1. The number of sulfonamides is 1. The summed E-state index contributed by atoms with van der Waals surface area (Å²) in [5.74, 6) is -0.902. The van der Waals surface area contributed by atoms with Crippen LogP contribution in [0.1, 0.15) is 29.3 Å². The van der Waals surface area contributed by atoms with Gasteiger partial charge in [0.25, 0.3) is 0 Å². The first kappa shape index (κ1) is 19.7. The van der Waals surface area contributed by atoms with Gasteiger partial charge >= 0.3 is 0 Å². The van der Waals surface area contributed by atoms with Gasteiger partial charge in [0.15, 0.2) is 5.78 Å². The van der Waals surface area contributed by atoms with E-state index in [1.807, 2.05) is 0 Å². The second-order valence-electron chi connectivity index (χ2n) is 5.63. The Balaban J connectivity index is 1.82. The van der Waals surface area contributed by atoms with Crippen molar-refractivity contribution in [2.45, 2.75) is 24.8 Å². The monoisotopic (exact) mass is 378 g/mol. The highest BCUT2D eigenvalue weighted by Crippen LogP contribution is 2.11. The van der Waals surface area contributed by atoms with E-state index in [0.29, 0.717) is 11.1 Å². The predicted octanol–water partition coefficient (Wildman–Crippen LogP) is 2.01. The number of halogens is 1. The molecule has 8 heteroatoms. The van der Waals surface area contributed by atoms with Crippen LogP contribution in [0.25, 0.3) is 0 Å². The van der Waals surface area contributed by atoms with Gasteiger partial charge in [0.2, 0.25) is 15.9 Å². The smallest absolute Gasteiger partial charge is 0.240 e. The standard InChI is InChI=1S/C18H19FN2O4S/c1-13(22)15-5-7-17(8-6-15)26(24,25)21-10-9-18(23)20-12-14-3-2-4-16(19)11-14/h2-8,11,21H,9-10,12H2,1H3,(H,20,23). The zero-order chi connectivity index (χ0) is 19.2. The Labute approximate surface area is 151 Å². The molecule has 0 fully saturated rings. The molecule has 0 bridgehead atoms. The minimum absolute atomic E-state index is 0.0164. The number of ketones is 1. The van der Waals surface area contributed by atoms with Crippen LogP contribution in [0.3, 0.4) is 0 Å². The third kappa shape index (κ3) is 5.75. The Morgan fingerprint density at radius 1 is 1.08 bits per heavy atom. The van der Waals surface area contributed by atoms with Crippen molar-refractivity contribution in [3.8, 4) is 0 Å². The first-order chi connectivity index (χ1) is 12.3. The van der Waals surface area contributed by atoms with Gasteiger partial charge in [-0.2, -0.15) is 0 Å². The highest BCUT2D eigenvalue weighted by Gasteiger charge is 2.14. The van der Waals surface area contributed by atoms with Crippen LogP contribution in [0, 0.1) is 5.82 Å². The van der Waals surface area contributed by atoms with Crippen LogP contribution in [0.2, 0.25) is 0 Å². The van der Waals surface area contributed by atoms with Crippen molar-refractivity contribution in [3.63, 3.8) is 0 Å². The minimum atomic E-state index is -3.76. The van der Waals surface area contributed by atoms with Gasteiger partial charge in [0.1, 0.15) is 5.82 Å². The van der Waals surface area contributed by atoms with E-state index in [1.165, 1.54) is 43.3 Å². The molecular formula is C18H19FN2O4S. The van der Waals surface area contributed by atoms with Gasteiger partial charge in [0.05, 0.1) is 4.90 Å². The number of Topliss-reactive ketones (excluding diaryl/α,β-unsaturated/α-hetero) is 1. The summed E-state index contributed by atoms with van der Waals surface area (Å²) in [5, 5.41) is 2.59. The normalized spacial score (nSPS) is 11.2. The molecule has 0 saturated heterocycles.